The van der Waals surface area contributed by atoms with E-state index >= 15 is 0 Å². The molecular formula is C18H24N8. The number of imidazole rings is 1. The number of hydrogen-bond acceptors (Lipinski definition) is 7. The molecule has 0 spiro atoms. The number of piperazine rings is 1. The van der Waals surface area contributed by atoms with Crippen LogP contribution < -0.4 is 10.6 Å². The maximum Gasteiger partial charge on any atom is 0.196 e. The van der Waals surface area contributed by atoms with Crippen molar-refractivity contribution < 1.29 is 0 Å². The Morgan fingerprint density at radius 3 is 2.69 bits per heavy atom. The molecule has 4 rings (SSSR count). The molecule has 3 aromatic heterocycles. The molecule has 136 valence electrons. The lowest BCUT2D eigenvalue weighted by Crippen LogP contribution is -2.46. The van der Waals surface area contributed by atoms with Crippen molar-refractivity contribution in [2.75, 3.05) is 43.4 Å². The van der Waals surface area contributed by atoms with Gasteiger partial charge in [0, 0.05) is 51.2 Å². The number of fused-ring (bicyclic) bond motifs is 1. The molecular weight excluding hydrogens is 328 g/mol. The summed E-state index contributed by atoms with van der Waals surface area (Å²) >= 11 is 0. The largest absolute Gasteiger partial charge is 0.380 e. The third-order valence-corrected chi connectivity index (χ3v) is 4.91. The second-order valence-corrected chi connectivity index (χ2v) is 6.69. The van der Waals surface area contributed by atoms with Gasteiger partial charge in [-0.25, -0.2) is 19.5 Å². The highest BCUT2D eigenvalue weighted by atomic mass is 15.3. The minimum atomic E-state index is 0.398. The summed E-state index contributed by atoms with van der Waals surface area (Å²) in [4.78, 5) is 18.1. The van der Waals surface area contributed by atoms with Crippen LogP contribution in [-0.2, 0) is 6.42 Å². The van der Waals surface area contributed by atoms with Crippen molar-refractivity contribution in [2.24, 2.45) is 0 Å². The number of pyridine rings is 1. The molecule has 0 aromatic carbocycles. The Morgan fingerprint density at radius 2 is 1.96 bits per heavy atom. The van der Waals surface area contributed by atoms with E-state index in [2.05, 4.69) is 44.8 Å². The molecule has 1 fully saturated rings. The van der Waals surface area contributed by atoms with E-state index in [-0.39, 0.29) is 0 Å². The molecule has 8 heteroatoms. The summed E-state index contributed by atoms with van der Waals surface area (Å²) < 4.78 is 1.67. The van der Waals surface area contributed by atoms with E-state index in [0.29, 0.717) is 23.7 Å². The minimum absolute atomic E-state index is 0.398. The summed E-state index contributed by atoms with van der Waals surface area (Å²) in [5, 5.41) is 4.47. The number of aryl methyl sites for hydroxylation is 1. The number of nitrogens with zero attached hydrogens (tertiary/aromatic N) is 7. The molecule has 0 amide bonds. The van der Waals surface area contributed by atoms with Crippen LogP contribution >= 0.6 is 0 Å². The van der Waals surface area contributed by atoms with Crippen molar-refractivity contribution in [1.82, 2.24) is 29.5 Å². The minimum Gasteiger partial charge on any atom is -0.380 e. The van der Waals surface area contributed by atoms with Crippen molar-refractivity contribution in [2.45, 2.75) is 20.3 Å². The molecule has 26 heavy (non-hydrogen) atoms. The Labute approximate surface area is 152 Å². The molecule has 1 saturated heterocycles. The van der Waals surface area contributed by atoms with Gasteiger partial charge in [0.15, 0.2) is 17.3 Å². The van der Waals surface area contributed by atoms with Gasteiger partial charge in [-0.2, -0.15) is 5.10 Å². The highest BCUT2D eigenvalue weighted by molar-refractivity contribution is 5.58. The van der Waals surface area contributed by atoms with E-state index in [1.165, 1.54) is 5.56 Å². The van der Waals surface area contributed by atoms with Gasteiger partial charge in [-0.05, 0) is 24.6 Å². The maximum atomic E-state index is 5.97. The molecule has 4 heterocycles. The second kappa shape index (κ2) is 6.87. The van der Waals surface area contributed by atoms with Crippen LogP contribution in [0.2, 0.25) is 0 Å². The predicted molar refractivity (Wildman–Crippen MR) is 101 cm³/mol. The first-order valence-corrected chi connectivity index (χ1v) is 9.02. The lowest BCUT2D eigenvalue weighted by Gasteiger charge is -2.35. The first-order chi connectivity index (χ1) is 12.6. The third-order valence-electron chi connectivity index (χ3n) is 4.91. The molecule has 0 bridgehead atoms. The van der Waals surface area contributed by atoms with Gasteiger partial charge in [0.2, 0.25) is 0 Å². The van der Waals surface area contributed by atoms with Crippen LogP contribution in [0.1, 0.15) is 23.9 Å². The van der Waals surface area contributed by atoms with Crippen molar-refractivity contribution in [1.29, 1.82) is 0 Å². The van der Waals surface area contributed by atoms with Crippen LogP contribution in [-0.4, -0.2) is 62.2 Å². The smallest absolute Gasteiger partial charge is 0.196 e. The average Bonchev–Trinajstić information content (AvgIpc) is 3.11. The number of rotatable bonds is 4. The van der Waals surface area contributed by atoms with Gasteiger partial charge >= 0.3 is 0 Å². The number of anilines is 2. The van der Waals surface area contributed by atoms with Crippen LogP contribution in [0.25, 0.3) is 5.65 Å². The van der Waals surface area contributed by atoms with Crippen LogP contribution in [0.5, 0.6) is 0 Å². The van der Waals surface area contributed by atoms with Gasteiger partial charge in [0.25, 0.3) is 0 Å². The highest BCUT2D eigenvalue weighted by Crippen LogP contribution is 2.21. The van der Waals surface area contributed by atoms with E-state index in [0.717, 1.165) is 44.1 Å². The second-order valence-electron chi connectivity index (χ2n) is 6.69. The Balaban J connectivity index is 1.52. The third kappa shape index (κ3) is 3.20. The van der Waals surface area contributed by atoms with Crippen molar-refractivity contribution in [3.63, 3.8) is 0 Å². The van der Waals surface area contributed by atoms with Gasteiger partial charge in [0.05, 0.1) is 0 Å². The van der Waals surface area contributed by atoms with Crippen LogP contribution in [0, 0.1) is 6.92 Å². The fraction of sp³-hybridized carbons (Fsp3) is 0.444. The summed E-state index contributed by atoms with van der Waals surface area (Å²) in [6.45, 7) is 9.69. The Bertz CT molecular complexity index is 911. The summed E-state index contributed by atoms with van der Waals surface area (Å²) in [5.41, 5.74) is 8.82. The molecule has 0 unspecified atom stereocenters. The maximum absolute atomic E-state index is 5.97. The zero-order valence-electron chi connectivity index (χ0n) is 15.3. The fourth-order valence-corrected chi connectivity index (χ4v) is 3.48. The summed E-state index contributed by atoms with van der Waals surface area (Å²) in [5.74, 6) is 2.14. The number of nitrogen functional groups attached to an aromatic ring is 1. The van der Waals surface area contributed by atoms with Crippen LogP contribution in [0.15, 0.2) is 24.7 Å². The molecule has 0 saturated carbocycles. The lowest BCUT2D eigenvalue weighted by molar-refractivity contribution is 0.270. The fourth-order valence-electron chi connectivity index (χ4n) is 3.48. The van der Waals surface area contributed by atoms with Crippen molar-refractivity contribution in [3.05, 3.63) is 41.6 Å². The standard InChI is InChI=1S/C18H24N8/c1-3-24-6-8-25(9-7-24)17-13(2)10-14(12-21-17)11-15-22-16(19)18-20-4-5-26(18)23-15/h4-5,10,12H,3,6-9,11H2,1-2H3,(H2,19,22,23). The number of aromatic nitrogens is 5. The number of hydrogen-bond donors (Lipinski definition) is 1. The van der Waals surface area contributed by atoms with Gasteiger partial charge in [-0.15, -0.1) is 0 Å². The monoisotopic (exact) mass is 352 g/mol. The highest BCUT2D eigenvalue weighted by Gasteiger charge is 2.18. The topological polar surface area (TPSA) is 88.5 Å². The zero-order valence-corrected chi connectivity index (χ0v) is 15.3. The molecule has 1 aliphatic rings. The first kappa shape index (κ1) is 16.7. The predicted octanol–water partition coefficient (Wildman–Crippen LogP) is 1.14. The Kier molecular flexibility index (Phi) is 4.42. The molecule has 2 N–H and O–H groups in total. The van der Waals surface area contributed by atoms with E-state index in [1.807, 2.05) is 6.20 Å². The Morgan fingerprint density at radius 1 is 1.15 bits per heavy atom. The average molecular weight is 352 g/mol. The van der Waals surface area contributed by atoms with Crippen LogP contribution in [0.4, 0.5) is 11.6 Å². The summed E-state index contributed by atoms with van der Waals surface area (Å²) in [7, 11) is 0. The van der Waals surface area contributed by atoms with E-state index in [9.17, 15) is 0 Å². The molecule has 0 radical (unpaired) electrons. The van der Waals surface area contributed by atoms with Crippen molar-refractivity contribution in [3.8, 4) is 0 Å². The molecule has 0 atom stereocenters. The number of likely N-dealkylation sites (N-methyl/N-ethyl adjacent to an activating group) is 1. The lowest BCUT2D eigenvalue weighted by atomic mass is 10.1. The number of nitrogens with two attached hydrogens (primary N) is 1. The molecule has 1 aliphatic heterocycles. The normalized spacial score (nSPS) is 15.7. The molecule has 8 nitrogen and oxygen atoms in total. The van der Waals surface area contributed by atoms with E-state index in [4.69, 9.17) is 10.7 Å². The van der Waals surface area contributed by atoms with E-state index in [1.54, 1.807) is 16.9 Å². The SMILES string of the molecule is CCN1CCN(c2ncc(Cc3nc(N)c4nccn4n3)cc2C)CC1. The zero-order chi connectivity index (χ0) is 18.1. The summed E-state index contributed by atoms with van der Waals surface area (Å²) in [6, 6.07) is 2.17. The molecule has 3 aromatic rings. The van der Waals surface area contributed by atoms with Gasteiger partial charge in [0.1, 0.15) is 5.82 Å². The Hall–Kier alpha value is -2.74. The van der Waals surface area contributed by atoms with Gasteiger partial charge < -0.3 is 15.5 Å². The van der Waals surface area contributed by atoms with Crippen LogP contribution in [0.3, 0.4) is 0 Å². The quantitative estimate of drug-likeness (QED) is 0.753. The molecule has 0 aliphatic carbocycles. The van der Waals surface area contributed by atoms with Gasteiger partial charge in [-0.3, -0.25) is 0 Å². The first-order valence-electron chi connectivity index (χ1n) is 9.02. The summed E-state index contributed by atoms with van der Waals surface area (Å²) in [6.07, 6.45) is 5.96. The van der Waals surface area contributed by atoms with Gasteiger partial charge in [-0.1, -0.05) is 13.0 Å². The van der Waals surface area contributed by atoms with Crippen molar-refractivity contribution >= 4 is 17.3 Å². The van der Waals surface area contributed by atoms with E-state index < -0.39 is 0 Å².